The van der Waals surface area contributed by atoms with Gasteiger partial charge in [0.2, 0.25) is 0 Å². The average Bonchev–Trinajstić information content (AvgIpc) is 3.17. The SMILES string of the molecule is O=c1oc2ccccc2c(N2CCCC2)c1NS(=O)(=O)c1ccc(Cl)cc1. The highest BCUT2D eigenvalue weighted by atomic mass is 35.5. The van der Waals surface area contributed by atoms with E-state index >= 15 is 0 Å². The van der Waals surface area contributed by atoms with Crippen molar-refractivity contribution in [2.75, 3.05) is 22.7 Å². The minimum atomic E-state index is -3.97. The minimum Gasteiger partial charge on any atom is -0.421 e. The Bertz CT molecular complexity index is 1150. The predicted octanol–water partition coefficient (Wildman–Crippen LogP) is 3.85. The van der Waals surface area contributed by atoms with Gasteiger partial charge >= 0.3 is 5.63 Å². The number of rotatable bonds is 4. The molecule has 0 unspecified atom stereocenters. The molecule has 0 radical (unpaired) electrons. The second-order valence-corrected chi connectivity index (χ2v) is 8.48. The lowest BCUT2D eigenvalue weighted by atomic mass is 10.1. The minimum absolute atomic E-state index is 0.0202. The Morgan fingerprint density at radius 3 is 2.37 bits per heavy atom. The molecule has 0 atom stereocenters. The maximum atomic E-state index is 12.8. The molecule has 8 heteroatoms. The van der Waals surface area contributed by atoms with Gasteiger partial charge in [-0.15, -0.1) is 0 Å². The Kier molecular flexibility index (Phi) is 4.57. The average molecular weight is 405 g/mol. The van der Waals surface area contributed by atoms with E-state index in [1.807, 2.05) is 17.0 Å². The first-order valence-electron chi connectivity index (χ1n) is 8.55. The van der Waals surface area contributed by atoms with E-state index in [0.29, 0.717) is 21.7 Å². The summed E-state index contributed by atoms with van der Waals surface area (Å²) >= 11 is 5.84. The number of fused-ring (bicyclic) bond motifs is 1. The van der Waals surface area contributed by atoms with E-state index < -0.39 is 15.6 Å². The van der Waals surface area contributed by atoms with Gasteiger partial charge in [0.05, 0.1) is 10.6 Å². The van der Waals surface area contributed by atoms with Crippen molar-refractivity contribution in [2.24, 2.45) is 0 Å². The third-order valence-electron chi connectivity index (χ3n) is 4.57. The van der Waals surface area contributed by atoms with Gasteiger partial charge in [-0.05, 0) is 49.2 Å². The van der Waals surface area contributed by atoms with E-state index in [-0.39, 0.29) is 10.6 Å². The van der Waals surface area contributed by atoms with Gasteiger partial charge in [-0.3, -0.25) is 4.72 Å². The molecule has 27 heavy (non-hydrogen) atoms. The second-order valence-electron chi connectivity index (χ2n) is 6.36. The van der Waals surface area contributed by atoms with Gasteiger partial charge in [0.1, 0.15) is 5.58 Å². The quantitative estimate of drug-likeness (QED) is 0.668. The highest BCUT2D eigenvalue weighted by Gasteiger charge is 2.26. The summed E-state index contributed by atoms with van der Waals surface area (Å²) in [5.41, 5.74) is 0.217. The van der Waals surface area contributed by atoms with Gasteiger partial charge in [0.15, 0.2) is 5.69 Å². The van der Waals surface area contributed by atoms with Crippen molar-refractivity contribution in [3.05, 3.63) is 64.0 Å². The molecule has 6 nitrogen and oxygen atoms in total. The van der Waals surface area contributed by atoms with Crippen LogP contribution in [0, 0.1) is 0 Å². The number of anilines is 2. The number of halogens is 1. The maximum Gasteiger partial charge on any atom is 0.363 e. The van der Waals surface area contributed by atoms with Crippen molar-refractivity contribution in [3.8, 4) is 0 Å². The van der Waals surface area contributed by atoms with Crippen molar-refractivity contribution in [1.82, 2.24) is 0 Å². The fourth-order valence-corrected chi connectivity index (χ4v) is 4.49. The van der Waals surface area contributed by atoms with Gasteiger partial charge in [-0.25, -0.2) is 13.2 Å². The largest absolute Gasteiger partial charge is 0.421 e. The smallest absolute Gasteiger partial charge is 0.363 e. The number of nitrogens with zero attached hydrogens (tertiary/aromatic N) is 1. The molecule has 4 rings (SSSR count). The molecule has 1 saturated heterocycles. The van der Waals surface area contributed by atoms with E-state index in [2.05, 4.69) is 4.72 Å². The lowest BCUT2D eigenvalue weighted by Crippen LogP contribution is -2.25. The van der Waals surface area contributed by atoms with Crippen LogP contribution in [-0.2, 0) is 10.0 Å². The molecular weight excluding hydrogens is 388 g/mol. The Morgan fingerprint density at radius 1 is 1.00 bits per heavy atom. The van der Waals surface area contributed by atoms with Gasteiger partial charge in [0.25, 0.3) is 10.0 Å². The summed E-state index contributed by atoms with van der Waals surface area (Å²) in [5, 5.41) is 1.13. The molecule has 0 spiro atoms. The third-order valence-corrected chi connectivity index (χ3v) is 6.19. The number of sulfonamides is 1. The van der Waals surface area contributed by atoms with Crippen LogP contribution >= 0.6 is 11.6 Å². The first-order valence-corrected chi connectivity index (χ1v) is 10.4. The van der Waals surface area contributed by atoms with Crippen LogP contribution in [0.5, 0.6) is 0 Å². The van der Waals surface area contributed by atoms with E-state index in [1.54, 1.807) is 12.1 Å². The monoisotopic (exact) mass is 404 g/mol. The molecule has 0 saturated carbocycles. The Hall–Kier alpha value is -2.51. The first kappa shape index (κ1) is 17.9. The van der Waals surface area contributed by atoms with E-state index in [4.69, 9.17) is 16.0 Å². The molecule has 1 N–H and O–H groups in total. The summed E-state index contributed by atoms with van der Waals surface area (Å²) in [4.78, 5) is 14.7. The summed E-state index contributed by atoms with van der Waals surface area (Å²) < 4.78 is 33.4. The van der Waals surface area contributed by atoms with Crippen LogP contribution in [0.1, 0.15) is 12.8 Å². The zero-order chi connectivity index (χ0) is 19.0. The molecular formula is C19H17ClN2O4S. The van der Waals surface area contributed by atoms with Crippen molar-refractivity contribution in [3.63, 3.8) is 0 Å². The van der Waals surface area contributed by atoms with Gasteiger partial charge < -0.3 is 9.32 Å². The zero-order valence-electron chi connectivity index (χ0n) is 14.3. The van der Waals surface area contributed by atoms with Crippen LogP contribution in [0.15, 0.2) is 62.6 Å². The number of para-hydroxylation sites is 1. The number of hydrogen-bond donors (Lipinski definition) is 1. The molecule has 0 bridgehead atoms. The Balaban J connectivity index is 1.88. The number of hydrogen-bond acceptors (Lipinski definition) is 5. The summed E-state index contributed by atoms with van der Waals surface area (Å²) in [6.07, 6.45) is 1.97. The van der Waals surface area contributed by atoms with Crippen LogP contribution < -0.4 is 15.2 Å². The van der Waals surface area contributed by atoms with Crippen LogP contribution in [0.2, 0.25) is 5.02 Å². The predicted molar refractivity (Wildman–Crippen MR) is 106 cm³/mol. The molecule has 1 fully saturated rings. The Labute approximate surface area is 161 Å². The van der Waals surface area contributed by atoms with Crippen molar-refractivity contribution >= 4 is 44.0 Å². The molecule has 2 heterocycles. The normalized spacial score (nSPS) is 14.6. The second kappa shape index (κ2) is 6.90. The van der Waals surface area contributed by atoms with Crippen LogP contribution in [-0.4, -0.2) is 21.5 Å². The molecule has 0 aliphatic carbocycles. The molecule has 1 aliphatic heterocycles. The maximum absolute atomic E-state index is 12.8. The summed E-state index contributed by atoms with van der Waals surface area (Å²) in [7, 11) is -3.97. The van der Waals surface area contributed by atoms with E-state index in [0.717, 1.165) is 25.9 Å². The van der Waals surface area contributed by atoms with Crippen LogP contribution in [0.4, 0.5) is 11.4 Å². The summed E-state index contributed by atoms with van der Waals surface area (Å²) in [6.45, 7) is 1.51. The summed E-state index contributed by atoms with van der Waals surface area (Å²) in [5.74, 6) is 0. The van der Waals surface area contributed by atoms with Crippen molar-refractivity contribution < 1.29 is 12.8 Å². The number of benzene rings is 2. The molecule has 1 aliphatic rings. The Morgan fingerprint density at radius 2 is 1.67 bits per heavy atom. The van der Waals surface area contributed by atoms with Gasteiger partial charge in [-0.2, -0.15) is 0 Å². The zero-order valence-corrected chi connectivity index (χ0v) is 15.9. The van der Waals surface area contributed by atoms with Crippen LogP contribution in [0.3, 0.4) is 0 Å². The highest BCUT2D eigenvalue weighted by molar-refractivity contribution is 7.92. The number of nitrogens with one attached hydrogen (secondary N) is 1. The molecule has 0 amide bonds. The lowest BCUT2D eigenvalue weighted by Gasteiger charge is -2.22. The standard InChI is InChI=1S/C19H17ClN2O4S/c20-13-7-9-14(10-8-13)27(24,25)21-17-18(22-11-3-4-12-22)15-5-1-2-6-16(15)26-19(17)23/h1-2,5-10,21H,3-4,11-12H2. The third kappa shape index (κ3) is 3.40. The molecule has 2 aromatic carbocycles. The topological polar surface area (TPSA) is 79.6 Å². The van der Waals surface area contributed by atoms with Gasteiger partial charge in [0, 0.05) is 23.5 Å². The summed E-state index contributed by atoms with van der Waals surface area (Å²) in [6, 6.07) is 12.9. The molecule has 1 aromatic heterocycles. The fraction of sp³-hybridized carbons (Fsp3) is 0.211. The fourth-order valence-electron chi connectivity index (χ4n) is 3.30. The van der Waals surface area contributed by atoms with Crippen LogP contribution in [0.25, 0.3) is 11.0 Å². The van der Waals surface area contributed by atoms with Gasteiger partial charge in [-0.1, -0.05) is 23.7 Å². The molecule has 140 valence electrons. The lowest BCUT2D eigenvalue weighted by molar-refractivity contribution is 0.562. The van der Waals surface area contributed by atoms with Crippen molar-refractivity contribution in [1.29, 1.82) is 0 Å². The highest BCUT2D eigenvalue weighted by Crippen LogP contribution is 2.35. The van der Waals surface area contributed by atoms with E-state index in [9.17, 15) is 13.2 Å². The molecule has 3 aromatic rings. The van der Waals surface area contributed by atoms with Crippen molar-refractivity contribution in [2.45, 2.75) is 17.7 Å². The van der Waals surface area contributed by atoms with E-state index in [1.165, 1.54) is 24.3 Å². The first-order chi connectivity index (χ1) is 13.0.